The third kappa shape index (κ3) is 3.77. The number of rotatable bonds is 4. The maximum Gasteiger partial charge on any atom is 0.301 e. The third-order valence-corrected chi connectivity index (χ3v) is 7.82. The van der Waals surface area contributed by atoms with Crippen LogP contribution in [0.15, 0.2) is 66.4 Å². The highest BCUT2D eigenvalue weighted by Gasteiger charge is 2.48. The number of pyridine rings is 1. The number of amides is 1. The standard InChI is InChI=1S/C28H21N5O5S/c1-14-12-15(2)22-19(13-14)39-28(30-22)32-24(17-7-9-18(10-8-17)33(37)38)21(26(35)27(32)36)25(34)23-16(3)29-20-6-4-5-11-31(20)23/h4-13,24,34H,1-3H3. The van der Waals surface area contributed by atoms with Gasteiger partial charge in [0.05, 0.1) is 32.4 Å². The highest BCUT2D eigenvalue weighted by Crippen LogP contribution is 2.45. The zero-order valence-corrected chi connectivity index (χ0v) is 21.9. The quantitative estimate of drug-likeness (QED) is 0.106. The number of imidazole rings is 1. The first-order chi connectivity index (χ1) is 18.7. The van der Waals surface area contributed by atoms with E-state index >= 15 is 0 Å². The largest absolute Gasteiger partial charge is 0.505 e. The van der Waals surface area contributed by atoms with Gasteiger partial charge in [-0.15, -0.1) is 0 Å². The highest BCUT2D eigenvalue weighted by atomic mass is 32.1. The molecule has 2 aromatic carbocycles. The Labute approximate surface area is 225 Å². The molecule has 1 aliphatic rings. The van der Waals surface area contributed by atoms with Crippen LogP contribution in [0.25, 0.3) is 21.6 Å². The average molecular weight is 540 g/mol. The molecule has 0 saturated carbocycles. The topological polar surface area (TPSA) is 131 Å². The van der Waals surface area contributed by atoms with Gasteiger partial charge in [0.25, 0.3) is 11.5 Å². The van der Waals surface area contributed by atoms with Crippen LogP contribution in [0.4, 0.5) is 10.8 Å². The first kappa shape index (κ1) is 24.4. The van der Waals surface area contributed by atoms with Crippen LogP contribution in [0, 0.1) is 30.9 Å². The Morgan fingerprint density at radius 1 is 1.05 bits per heavy atom. The normalized spacial score (nSPS) is 17.0. The molecule has 1 fully saturated rings. The van der Waals surface area contributed by atoms with Crippen LogP contribution in [0.3, 0.4) is 0 Å². The molecule has 0 aliphatic carbocycles. The molecular weight excluding hydrogens is 518 g/mol. The van der Waals surface area contributed by atoms with Gasteiger partial charge >= 0.3 is 5.91 Å². The summed E-state index contributed by atoms with van der Waals surface area (Å²) in [4.78, 5) is 48.4. The second-order valence-corrected chi connectivity index (χ2v) is 10.4. The van der Waals surface area contributed by atoms with Gasteiger partial charge in [0.2, 0.25) is 0 Å². The van der Waals surface area contributed by atoms with Crippen LogP contribution in [-0.2, 0) is 9.59 Å². The van der Waals surface area contributed by atoms with Crippen molar-refractivity contribution < 1.29 is 19.6 Å². The van der Waals surface area contributed by atoms with Gasteiger partial charge in [0.15, 0.2) is 10.9 Å². The molecule has 1 N–H and O–H groups in total. The van der Waals surface area contributed by atoms with Crippen LogP contribution in [0.1, 0.15) is 34.1 Å². The third-order valence-electron chi connectivity index (χ3n) is 6.82. The molecule has 6 rings (SSSR count). The van der Waals surface area contributed by atoms with Crippen LogP contribution < -0.4 is 4.90 Å². The first-order valence-electron chi connectivity index (χ1n) is 12.0. The number of hydrogen-bond donors (Lipinski definition) is 1. The van der Waals surface area contributed by atoms with Crippen molar-refractivity contribution >= 4 is 55.5 Å². The second-order valence-electron chi connectivity index (χ2n) is 9.42. The van der Waals surface area contributed by atoms with Crippen LogP contribution >= 0.6 is 11.3 Å². The van der Waals surface area contributed by atoms with E-state index in [1.165, 1.54) is 40.5 Å². The Hall–Kier alpha value is -4.90. The number of nitro benzene ring substituents is 1. The summed E-state index contributed by atoms with van der Waals surface area (Å²) in [6, 6.07) is 13.8. The van der Waals surface area contributed by atoms with E-state index in [9.17, 15) is 24.8 Å². The number of non-ortho nitro benzene ring substituents is 1. The highest BCUT2D eigenvalue weighted by molar-refractivity contribution is 7.22. The van der Waals surface area contributed by atoms with Crippen LogP contribution in [-0.4, -0.2) is 36.1 Å². The summed E-state index contributed by atoms with van der Waals surface area (Å²) < 4.78 is 2.50. The Bertz CT molecular complexity index is 1890. The van der Waals surface area contributed by atoms with E-state index in [0.29, 0.717) is 22.4 Å². The number of anilines is 1. The van der Waals surface area contributed by atoms with Gasteiger partial charge in [-0.05, 0) is 67.8 Å². The number of fused-ring (bicyclic) bond motifs is 2. The molecule has 39 heavy (non-hydrogen) atoms. The number of carbonyl (C=O) groups is 2. The Kier molecular flexibility index (Phi) is 5.54. The van der Waals surface area contributed by atoms with Gasteiger partial charge in [-0.1, -0.05) is 23.5 Å². The van der Waals surface area contributed by atoms with Gasteiger partial charge in [-0.25, -0.2) is 9.97 Å². The minimum absolute atomic E-state index is 0.139. The number of aromatic nitrogens is 3. The molecule has 11 heteroatoms. The number of aryl methyl sites for hydroxylation is 3. The van der Waals surface area contributed by atoms with Crippen molar-refractivity contribution in [2.45, 2.75) is 26.8 Å². The number of thiazole rings is 1. The monoisotopic (exact) mass is 539 g/mol. The molecule has 3 aromatic heterocycles. The van der Waals surface area contributed by atoms with Crippen LogP contribution in [0.2, 0.25) is 0 Å². The summed E-state index contributed by atoms with van der Waals surface area (Å²) in [6.07, 6.45) is 1.71. The van der Waals surface area contributed by atoms with E-state index in [4.69, 9.17) is 4.98 Å². The van der Waals surface area contributed by atoms with Crippen molar-refractivity contribution in [2.24, 2.45) is 0 Å². The molecule has 5 aromatic rings. The number of hydrogen-bond acceptors (Lipinski definition) is 8. The number of nitro groups is 1. The summed E-state index contributed by atoms with van der Waals surface area (Å²) in [5.74, 6) is -2.11. The molecule has 10 nitrogen and oxygen atoms in total. The van der Waals surface area contributed by atoms with Crippen molar-refractivity contribution in [1.82, 2.24) is 14.4 Å². The van der Waals surface area contributed by atoms with Gasteiger partial charge in [0, 0.05) is 18.3 Å². The Balaban J connectivity index is 1.61. The number of Topliss-reactive ketones (excluding diaryl/α,β-unsaturated/α-hetero) is 1. The number of ketones is 1. The van der Waals surface area contributed by atoms with Crippen molar-refractivity contribution in [3.63, 3.8) is 0 Å². The summed E-state index contributed by atoms with van der Waals surface area (Å²) in [6.45, 7) is 5.60. The molecule has 1 saturated heterocycles. The van der Waals surface area contributed by atoms with Crippen molar-refractivity contribution in [3.8, 4) is 0 Å². The molecule has 1 aliphatic heterocycles. The maximum absolute atomic E-state index is 13.6. The lowest BCUT2D eigenvalue weighted by Crippen LogP contribution is -2.29. The molecule has 0 radical (unpaired) electrons. The smallest absolute Gasteiger partial charge is 0.301 e. The van der Waals surface area contributed by atoms with Gasteiger partial charge < -0.3 is 5.11 Å². The van der Waals surface area contributed by atoms with Gasteiger partial charge in [-0.3, -0.25) is 29.0 Å². The zero-order valence-electron chi connectivity index (χ0n) is 21.1. The van der Waals surface area contributed by atoms with E-state index in [2.05, 4.69) is 4.98 Å². The summed E-state index contributed by atoms with van der Waals surface area (Å²) in [5.41, 5.74) is 4.13. The molecule has 4 heterocycles. The number of benzene rings is 2. The number of aliphatic hydroxyl groups excluding tert-OH is 1. The Morgan fingerprint density at radius 2 is 1.79 bits per heavy atom. The zero-order chi connectivity index (χ0) is 27.6. The van der Waals surface area contributed by atoms with E-state index in [-0.39, 0.29) is 27.8 Å². The lowest BCUT2D eigenvalue weighted by molar-refractivity contribution is -0.384. The van der Waals surface area contributed by atoms with Crippen molar-refractivity contribution in [1.29, 1.82) is 0 Å². The fraction of sp³-hybridized carbons (Fsp3) is 0.143. The van der Waals surface area contributed by atoms with E-state index in [1.807, 2.05) is 26.0 Å². The summed E-state index contributed by atoms with van der Waals surface area (Å²) >= 11 is 1.26. The minimum atomic E-state index is -1.07. The summed E-state index contributed by atoms with van der Waals surface area (Å²) in [7, 11) is 0. The number of carbonyl (C=O) groups excluding carboxylic acids is 2. The lowest BCUT2D eigenvalue weighted by Gasteiger charge is -2.22. The van der Waals surface area contributed by atoms with Crippen molar-refractivity contribution in [2.75, 3.05) is 4.90 Å². The fourth-order valence-electron chi connectivity index (χ4n) is 5.11. The SMILES string of the molecule is Cc1cc(C)c2nc(N3C(=O)C(=O)C(=C(O)c4c(C)nc5ccccn45)C3c3ccc([N+](=O)[O-])cc3)sc2c1. The van der Waals surface area contributed by atoms with Gasteiger partial charge in [-0.2, -0.15) is 0 Å². The molecule has 1 unspecified atom stereocenters. The second kappa shape index (κ2) is 8.84. The number of aliphatic hydroxyl groups is 1. The van der Waals surface area contributed by atoms with Gasteiger partial charge in [0.1, 0.15) is 11.3 Å². The first-order valence-corrected chi connectivity index (χ1v) is 12.8. The maximum atomic E-state index is 13.6. The predicted molar refractivity (Wildman–Crippen MR) is 147 cm³/mol. The average Bonchev–Trinajstić information content (AvgIpc) is 3.55. The minimum Gasteiger partial charge on any atom is -0.505 e. The van der Waals surface area contributed by atoms with Crippen molar-refractivity contribution in [3.05, 3.63) is 105 Å². The predicted octanol–water partition coefficient (Wildman–Crippen LogP) is 5.40. The van der Waals surface area contributed by atoms with E-state index in [1.54, 1.807) is 35.7 Å². The molecular formula is C28H21N5O5S. The molecule has 1 atom stereocenters. The molecule has 0 spiro atoms. The molecule has 194 valence electrons. The fourth-order valence-corrected chi connectivity index (χ4v) is 6.28. The Morgan fingerprint density at radius 3 is 2.51 bits per heavy atom. The summed E-state index contributed by atoms with van der Waals surface area (Å²) in [5, 5.41) is 23.2. The van der Waals surface area contributed by atoms with E-state index in [0.717, 1.165) is 15.8 Å². The van der Waals surface area contributed by atoms with E-state index < -0.39 is 22.7 Å². The molecule has 1 amide bonds. The van der Waals surface area contributed by atoms with Crippen LogP contribution in [0.5, 0.6) is 0 Å². The molecule has 0 bridgehead atoms. The number of nitrogens with zero attached hydrogens (tertiary/aromatic N) is 5. The lowest BCUT2D eigenvalue weighted by atomic mass is 9.96.